The largest absolute Gasteiger partial charge is 0.396 e. The van der Waals surface area contributed by atoms with Crippen LogP contribution in [0.5, 0.6) is 0 Å². The second-order valence-electron chi connectivity index (χ2n) is 5.04. The minimum Gasteiger partial charge on any atom is -0.396 e. The minimum atomic E-state index is 0.365. The Labute approximate surface area is 72.5 Å². The van der Waals surface area contributed by atoms with E-state index in [9.17, 15) is 0 Å². The van der Waals surface area contributed by atoms with E-state index in [2.05, 4.69) is 6.08 Å². The Morgan fingerprint density at radius 1 is 1.33 bits per heavy atom. The van der Waals surface area contributed by atoms with Gasteiger partial charge in [0.2, 0.25) is 0 Å². The zero-order chi connectivity index (χ0) is 7.87. The Kier molecular flexibility index (Phi) is 0.852. The molecule has 0 saturated heterocycles. The maximum atomic E-state index is 8.91. The topological polar surface area (TPSA) is 20.2 Å². The van der Waals surface area contributed by atoms with Crippen LogP contribution in [-0.2, 0) is 0 Å². The summed E-state index contributed by atoms with van der Waals surface area (Å²) in [4.78, 5) is 0. The molecule has 1 N–H and O–H groups in total. The number of aliphatic hydroxyl groups excluding tert-OH is 1. The number of hydrogen-bond donors (Lipinski definition) is 1. The summed E-state index contributed by atoms with van der Waals surface area (Å²) in [6, 6.07) is 0. The Morgan fingerprint density at radius 3 is 2.83 bits per heavy atom. The van der Waals surface area contributed by atoms with Gasteiger partial charge < -0.3 is 5.11 Å². The normalized spacial score (nSPS) is 62.6. The molecule has 0 unspecified atom stereocenters. The van der Waals surface area contributed by atoms with Gasteiger partial charge in [0.1, 0.15) is 0 Å². The number of aliphatic hydroxyl groups is 1. The highest BCUT2D eigenvalue weighted by atomic mass is 16.2. The molecule has 0 aromatic rings. The molecule has 0 aromatic heterocycles. The monoisotopic (exact) mass is 162 g/mol. The second kappa shape index (κ2) is 1.65. The first-order valence-electron chi connectivity index (χ1n) is 5.23. The highest BCUT2D eigenvalue weighted by Gasteiger charge is 2.75. The zero-order valence-electron chi connectivity index (χ0n) is 7.11. The van der Waals surface area contributed by atoms with Crippen LogP contribution in [0.25, 0.3) is 0 Å². The van der Waals surface area contributed by atoms with Crippen molar-refractivity contribution in [3.8, 4) is 0 Å². The summed E-state index contributed by atoms with van der Waals surface area (Å²) >= 11 is 0. The summed E-state index contributed by atoms with van der Waals surface area (Å²) in [5.74, 6) is 6.27. The molecule has 1 nitrogen and oxygen atoms in total. The highest BCUT2D eigenvalue weighted by molar-refractivity contribution is 5.38. The van der Waals surface area contributed by atoms with Crippen LogP contribution in [0.1, 0.15) is 12.8 Å². The SMILES string of the molecule is OCCC1=C[C@H]2[C@@H]3C[C@@H]4[C@H]2[C@@H]4[C@H]13. The molecule has 6 atom stereocenters. The van der Waals surface area contributed by atoms with Crippen LogP contribution < -0.4 is 0 Å². The van der Waals surface area contributed by atoms with E-state index in [1.807, 2.05) is 0 Å². The van der Waals surface area contributed by atoms with Gasteiger partial charge in [0.05, 0.1) is 0 Å². The van der Waals surface area contributed by atoms with Crippen molar-refractivity contribution in [3.63, 3.8) is 0 Å². The molecular weight excluding hydrogens is 148 g/mol. The fourth-order valence-electron chi connectivity index (χ4n) is 4.71. The van der Waals surface area contributed by atoms with Crippen molar-refractivity contribution in [2.24, 2.45) is 35.5 Å². The Hall–Kier alpha value is -0.300. The van der Waals surface area contributed by atoms with Gasteiger partial charge in [-0.15, -0.1) is 0 Å². The molecular formula is C11H14O. The van der Waals surface area contributed by atoms with Crippen LogP contribution in [0.3, 0.4) is 0 Å². The van der Waals surface area contributed by atoms with Crippen molar-refractivity contribution in [1.29, 1.82) is 0 Å². The molecule has 5 rings (SSSR count). The lowest BCUT2D eigenvalue weighted by molar-refractivity contribution is 0.292. The van der Waals surface area contributed by atoms with Gasteiger partial charge in [0.15, 0.2) is 0 Å². The van der Waals surface area contributed by atoms with E-state index in [0.717, 1.165) is 41.9 Å². The second-order valence-corrected chi connectivity index (χ2v) is 5.04. The maximum Gasteiger partial charge on any atom is 0.0468 e. The summed E-state index contributed by atoms with van der Waals surface area (Å²) < 4.78 is 0. The number of rotatable bonds is 2. The lowest BCUT2D eigenvalue weighted by atomic mass is 9.93. The molecule has 0 spiro atoms. The Balaban J connectivity index is 1.74. The molecule has 1 heteroatoms. The van der Waals surface area contributed by atoms with Gasteiger partial charge in [-0.2, -0.15) is 0 Å². The quantitative estimate of drug-likeness (QED) is 0.609. The first-order valence-corrected chi connectivity index (χ1v) is 5.23. The van der Waals surface area contributed by atoms with E-state index in [1.54, 1.807) is 5.57 Å². The summed E-state index contributed by atoms with van der Waals surface area (Å²) in [5.41, 5.74) is 1.62. The molecule has 0 amide bonds. The fraction of sp³-hybridized carbons (Fsp3) is 0.818. The first-order chi connectivity index (χ1) is 5.92. The Morgan fingerprint density at radius 2 is 2.25 bits per heavy atom. The minimum absolute atomic E-state index is 0.365. The maximum absolute atomic E-state index is 8.91. The van der Waals surface area contributed by atoms with E-state index < -0.39 is 0 Å². The van der Waals surface area contributed by atoms with E-state index in [1.165, 1.54) is 6.42 Å². The molecule has 5 aliphatic rings. The third-order valence-electron chi connectivity index (χ3n) is 4.89. The predicted molar refractivity (Wildman–Crippen MR) is 45.3 cm³/mol. The third kappa shape index (κ3) is 0.443. The molecule has 4 saturated carbocycles. The zero-order valence-corrected chi connectivity index (χ0v) is 7.11. The molecule has 0 radical (unpaired) electrons. The molecule has 0 aliphatic heterocycles. The average molecular weight is 162 g/mol. The van der Waals surface area contributed by atoms with Crippen LogP contribution in [0.4, 0.5) is 0 Å². The Bertz CT molecular complexity index is 281. The van der Waals surface area contributed by atoms with Crippen molar-refractivity contribution in [2.75, 3.05) is 6.61 Å². The van der Waals surface area contributed by atoms with Gasteiger partial charge in [-0.3, -0.25) is 0 Å². The van der Waals surface area contributed by atoms with Gasteiger partial charge in [-0.1, -0.05) is 11.6 Å². The van der Waals surface area contributed by atoms with Crippen LogP contribution in [0.15, 0.2) is 11.6 Å². The van der Waals surface area contributed by atoms with Crippen molar-refractivity contribution < 1.29 is 5.11 Å². The molecule has 5 aliphatic carbocycles. The van der Waals surface area contributed by atoms with Crippen LogP contribution in [-0.4, -0.2) is 11.7 Å². The van der Waals surface area contributed by atoms with E-state index >= 15 is 0 Å². The van der Waals surface area contributed by atoms with E-state index in [0.29, 0.717) is 6.61 Å². The lowest BCUT2D eigenvalue weighted by Crippen LogP contribution is -2.06. The highest BCUT2D eigenvalue weighted by Crippen LogP contribution is 2.80. The van der Waals surface area contributed by atoms with Crippen LogP contribution >= 0.6 is 0 Å². The van der Waals surface area contributed by atoms with Gasteiger partial charge in [-0.05, 0) is 48.3 Å². The molecule has 6 bridgehead atoms. The van der Waals surface area contributed by atoms with E-state index in [4.69, 9.17) is 5.11 Å². The van der Waals surface area contributed by atoms with Crippen LogP contribution in [0.2, 0.25) is 0 Å². The first kappa shape index (κ1) is 6.20. The van der Waals surface area contributed by atoms with Crippen LogP contribution in [0, 0.1) is 35.5 Å². The van der Waals surface area contributed by atoms with Gasteiger partial charge in [-0.25, -0.2) is 0 Å². The third-order valence-corrected chi connectivity index (χ3v) is 4.89. The summed E-state index contributed by atoms with van der Waals surface area (Å²) in [7, 11) is 0. The number of allylic oxidation sites excluding steroid dienone is 1. The molecule has 0 aromatic carbocycles. The average Bonchev–Trinajstić information content (AvgIpc) is 2.48. The van der Waals surface area contributed by atoms with E-state index in [-0.39, 0.29) is 0 Å². The van der Waals surface area contributed by atoms with Gasteiger partial charge in [0.25, 0.3) is 0 Å². The lowest BCUT2D eigenvalue weighted by Gasteiger charge is -2.12. The molecule has 4 fully saturated rings. The number of hydrogen-bond acceptors (Lipinski definition) is 1. The summed E-state index contributed by atoms with van der Waals surface area (Å²) in [5, 5.41) is 8.91. The van der Waals surface area contributed by atoms with Crippen molar-refractivity contribution in [2.45, 2.75) is 12.8 Å². The van der Waals surface area contributed by atoms with Crippen molar-refractivity contribution in [3.05, 3.63) is 11.6 Å². The van der Waals surface area contributed by atoms with Crippen molar-refractivity contribution in [1.82, 2.24) is 0 Å². The molecule has 0 heterocycles. The summed E-state index contributed by atoms with van der Waals surface area (Å²) in [6.07, 6.45) is 5.00. The molecule has 64 valence electrons. The fourth-order valence-corrected chi connectivity index (χ4v) is 4.71. The van der Waals surface area contributed by atoms with Gasteiger partial charge in [0, 0.05) is 6.61 Å². The van der Waals surface area contributed by atoms with Crippen molar-refractivity contribution >= 4 is 0 Å². The molecule has 12 heavy (non-hydrogen) atoms. The summed E-state index contributed by atoms with van der Waals surface area (Å²) in [6.45, 7) is 0.365. The predicted octanol–water partition coefficient (Wildman–Crippen LogP) is 1.44. The smallest absolute Gasteiger partial charge is 0.0468 e. The van der Waals surface area contributed by atoms with Gasteiger partial charge >= 0.3 is 0 Å². The standard InChI is InChI=1S/C11H14O/c12-2-1-5-3-6-7-4-8-10(6)11(8)9(5)7/h3,6-12H,1-2,4H2/t6-,7-,8+,9+,10-,11-/m0/s1.